The molecule has 2 N–H and O–H groups in total. The fourth-order valence-electron chi connectivity index (χ4n) is 1.12. The second kappa shape index (κ2) is 5.63. The van der Waals surface area contributed by atoms with Crippen LogP contribution < -0.4 is 5.73 Å². The van der Waals surface area contributed by atoms with Gasteiger partial charge in [-0.1, -0.05) is 26.3 Å². The maximum atomic E-state index is 11.8. The predicted octanol–water partition coefficient (Wildman–Crippen LogP) is 2.23. The van der Waals surface area contributed by atoms with Crippen molar-refractivity contribution in [3.63, 3.8) is 0 Å². The van der Waals surface area contributed by atoms with Crippen LogP contribution in [0.3, 0.4) is 0 Å². The van der Waals surface area contributed by atoms with E-state index in [1.807, 2.05) is 17.5 Å². The van der Waals surface area contributed by atoms with Gasteiger partial charge >= 0.3 is 0 Å². The van der Waals surface area contributed by atoms with Crippen LogP contribution in [0.5, 0.6) is 0 Å². The quantitative estimate of drug-likeness (QED) is 0.844. The summed E-state index contributed by atoms with van der Waals surface area (Å²) in [6.07, 6.45) is 1.04. The highest BCUT2D eigenvalue weighted by Gasteiger charge is 2.15. The van der Waals surface area contributed by atoms with E-state index in [2.05, 4.69) is 13.8 Å². The molecule has 0 aromatic carbocycles. The molecule has 4 heteroatoms. The maximum absolute atomic E-state index is 11.8. The van der Waals surface area contributed by atoms with E-state index in [0.29, 0.717) is 11.7 Å². The van der Waals surface area contributed by atoms with Crippen LogP contribution in [0.4, 0.5) is 0 Å². The molecule has 0 amide bonds. The van der Waals surface area contributed by atoms with E-state index in [0.717, 1.165) is 10.6 Å². The van der Waals surface area contributed by atoms with E-state index in [1.54, 1.807) is 0 Å². The molecule has 0 bridgehead atoms. The largest absolute Gasteiger partial charge is 0.327 e. The van der Waals surface area contributed by atoms with Gasteiger partial charge in [0, 0.05) is 11.8 Å². The summed E-state index contributed by atoms with van der Waals surface area (Å²) < 4.78 is 12.7. The Balaban J connectivity index is 2.49. The lowest BCUT2D eigenvalue weighted by atomic mass is 10.0. The van der Waals surface area contributed by atoms with Crippen molar-refractivity contribution in [2.45, 2.75) is 30.5 Å². The van der Waals surface area contributed by atoms with Crippen LogP contribution in [0, 0.1) is 5.92 Å². The van der Waals surface area contributed by atoms with Crippen LogP contribution >= 0.6 is 11.3 Å². The summed E-state index contributed by atoms with van der Waals surface area (Å²) in [5.74, 6) is 1.02. The van der Waals surface area contributed by atoms with Crippen LogP contribution in [-0.4, -0.2) is 16.0 Å². The summed E-state index contributed by atoms with van der Waals surface area (Å²) in [5, 5.41) is 1.95. The first-order valence-corrected chi connectivity index (χ1v) is 7.02. The molecule has 0 aliphatic rings. The topological polar surface area (TPSA) is 43.1 Å². The van der Waals surface area contributed by atoms with Gasteiger partial charge in [0.2, 0.25) is 0 Å². The Labute approximate surface area is 92.0 Å². The Morgan fingerprint density at radius 2 is 2.36 bits per heavy atom. The summed E-state index contributed by atoms with van der Waals surface area (Å²) in [6, 6.07) is 3.87. The van der Waals surface area contributed by atoms with E-state index >= 15 is 0 Å². The first kappa shape index (κ1) is 11.9. The summed E-state index contributed by atoms with van der Waals surface area (Å²) >= 11 is 1.54. The standard InChI is InChI=1S/C10H17NOS2/c1-3-8(2)9(11)7-14(12)10-5-4-6-13-10/h4-6,8-9H,3,7,11H2,1-2H3. The second-order valence-corrected chi connectivity index (χ2v) is 6.16. The highest BCUT2D eigenvalue weighted by Crippen LogP contribution is 2.16. The highest BCUT2D eigenvalue weighted by molar-refractivity contribution is 7.87. The minimum Gasteiger partial charge on any atom is -0.327 e. The fourth-order valence-corrected chi connectivity index (χ4v) is 3.44. The smallest absolute Gasteiger partial charge is 0.0911 e. The van der Waals surface area contributed by atoms with Crippen molar-refractivity contribution in [1.29, 1.82) is 0 Å². The molecule has 1 rings (SSSR count). The van der Waals surface area contributed by atoms with Crippen molar-refractivity contribution < 1.29 is 4.21 Å². The number of thiophene rings is 1. The molecule has 0 saturated heterocycles. The van der Waals surface area contributed by atoms with Crippen LogP contribution in [0.25, 0.3) is 0 Å². The minimum absolute atomic E-state index is 0.0444. The Morgan fingerprint density at radius 1 is 1.64 bits per heavy atom. The molecule has 3 atom stereocenters. The predicted molar refractivity (Wildman–Crippen MR) is 63.0 cm³/mol. The zero-order chi connectivity index (χ0) is 10.6. The van der Waals surface area contributed by atoms with Gasteiger partial charge in [0.15, 0.2) is 0 Å². The molecular weight excluding hydrogens is 214 g/mol. The fraction of sp³-hybridized carbons (Fsp3) is 0.600. The third kappa shape index (κ3) is 3.19. The molecule has 0 spiro atoms. The third-order valence-electron chi connectivity index (χ3n) is 2.44. The summed E-state index contributed by atoms with van der Waals surface area (Å²) in [5.41, 5.74) is 5.95. The van der Waals surface area contributed by atoms with Crippen molar-refractivity contribution >= 4 is 22.1 Å². The Hall–Kier alpha value is -0.190. The molecule has 0 aliphatic heterocycles. The van der Waals surface area contributed by atoms with Gasteiger partial charge in [-0.25, -0.2) is 0 Å². The van der Waals surface area contributed by atoms with E-state index in [-0.39, 0.29) is 6.04 Å². The van der Waals surface area contributed by atoms with Crippen molar-refractivity contribution in [1.82, 2.24) is 0 Å². The minimum atomic E-state index is -0.911. The number of nitrogens with two attached hydrogens (primary N) is 1. The van der Waals surface area contributed by atoms with Gasteiger partial charge < -0.3 is 5.73 Å². The lowest BCUT2D eigenvalue weighted by Crippen LogP contribution is -2.33. The Bertz CT molecular complexity index is 284. The number of hydrogen-bond donors (Lipinski definition) is 1. The lowest BCUT2D eigenvalue weighted by molar-refractivity contribution is 0.472. The SMILES string of the molecule is CCC(C)C(N)CS(=O)c1cccs1. The van der Waals surface area contributed by atoms with Crippen molar-refractivity contribution in [2.75, 3.05) is 5.75 Å². The monoisotopic (exact) mass is 231 g/mol. The average Bonchev–Trinajstić information content (AvgIpc) is 2.69. The molecular formula is C10H17NOS2. The van der Waals surface area contributed by atoms with Gasteiger partial charge in [-0.15, -0.1) is 11.3 Å². The lowest BCUT2D eigenvalue weighted by Gasteiger charge is -2.16. The van der Waals surface area contributed by atoms with Crippen LogP contribution in [0.2, 0.25) is 0 Å². The maximum Gasteiger partial charge on any atom is 0.0911 e. The Morgan fingerprint density at radius 3 is 2.86 bits per heavy atom. The normalized spacial score (nSPS) is 17.6. The molecule has 1 aromatic rings. The number of rotatable bonds is 5. The van der Waals surface area contributed by atoms with Crippen molar-refractivity contribution in [2.24, 2.45) is 11.7 Å². The molecule has 3 unspecified atom stereocenters. The average molecular weight is 231 g/mol. The van der Waals surface area contributed by atoms with E-state index in [1.165, 1.54) is 11.3 Å². The summed E-state index contributed by atoms with van der Waals surface area (Å²) in [7, 11) is -0.911. The summed E-state index contributed by atoms with van der Waals surface area (Å²) in [6.45, 7) is 4.22. The molecule has 2 nitrogen and oxygen atoms in total. The van der Waals surface area contributed by atoms with Crippen LogP contribution in [0.15, 0.2) is 21.7 Å². The van der Waals surface area contributed by atoms with Gasteiger partial charge in [-0.3, -0.25) is 4.21 Å². The molecule has 0 aliphatic carbocycles. The van der Waals surface area contributed by atoms with E-state index in [4.69, 9.17) is 5.73 Å². The van der Waals surface area contributed by atoms with Gasteiger partial charge in [-0.2, -0.15) is 0 Å². The molecule has 0 radical (unpaired) electrons. The van der Waals surface area contributed by atoms with E-state index in [9.17, 15) is 4.21 Å². The van der Waals surface area contributed by atoms with E-state index < -0.39 is 10.8 Å². The van der Waals surface area contributed by atoms with Crippen LogP contribution in [0.1, 0.15) is 20.3 Å². The van der Waals surface area contributed by atoms with Gasteiger partial charge in [0.25, 0.3) is 0 Å². The Kier molecular flexibility index (Phi) is 4.78. The second-order valence-electron chi connectivity index (χ2n) is 3.49. The van der Waals surface area contributed by atoms with Gasteiger partial charge in [-0.05, 0) is 17.4 Å². The third-order valence-corrected chi connectivity index (χ3v) is 5.22. The molecule has 0 fully saturated rings. The molecule has 1 heterocycles. The number of hydrogen-bond acceptors (Lipinski definition) is 3. The van der Waals surface area contributed by atoms with Crippen molar-refractivity contribution in [3.05, 3.63) is 17.5 Å². The molecule has 0 saturated carbocycles. The first-order valence-electron chi connectivity index (χ1n) is 4.82. The van der Waals surface area contributed by atoms with Crippen molar-refractivity contribution in [3.8, 4) is 0 Å². The zero-order valence-electron chi connectivity index (χ0n) is 8.60. The highest BCUT2D eigenvalue weighted by atomic mass is 32.2. The molecule has 14 heavy (non-hydrogen) atoms. The van der Waals surface area contributed by atoms with Gasteiger partial charge in [0.05, 0.1) is 15.0 Å². The van der Waals surface area contributed by atoms with Crippen LogP contribution in [-0.2, 0) is 10.8 Å². The summed E-state index contributed by atoms with van der Waals surface area (Å²) in [4.78, 5) is 0. The van der Waals surface area contributed by atoms with Gasteiger partial charge in [0.1, 0.15) is 0 Å². The molecule has 80 valence electrons. The first-order chi connectivity index (χ1) is 6.65. The molecule has 1 aromatic heterocycles. The zero-order valence-corrected chi connectivity index (χ0v) is 10.2.